The van der Waals surface area contributed by atoms with E-state index in [-0.39, 0.29) is 18.7 Å². The van der Waals surface area contributed by atoms with Crippen molar-refractivity contribution in [3.8, 4) is 5.75 Å². The molecule has 2 aromatic heterocycles. The molecule has 30 heavy (non-hydrogen) atoms. The van der Waals surface area contributed by atoms with Gasteiger partial charge in [0.05, 0.1) is 25.6 Å². The largest absolute Gasteiger partial charge is 0.497 e. The second kappa shape index (κ2) is 8.35. The quantitative estimate of drug-likeness (QED) is 0.294. The summed E-state index contributed by atoms with van der Waals surface area (Å²) in [5.41, 5.74) is 6.66. The van der Waals surface area contributed by atoms with Crippen LogP contribution in [0.15, 0.2) is 40.5 Å². The Morgan fingerprint density at radius 1 is 1.30 bits per heavy atom. The number of nitrogens with two attached hydrogens (primary N) is 1. The van der Waals surface area contributed by atoms with Gasteiger partial charge in [0.15, 0.2) is 12.4 Å². The molecule has 0 amide bonds. The average Bonchev–Trinajstić information content (AvgIpc) is 3.15. The van der Waals surface area contributed by atoms with Gasteiger partial charge in [-0.1, -0.05) is 18.7 Å². The van der Waals surface area contributed by atoms with E-state index in [0.29, 0.717) is 22.7 Å². The summed E-state index contributed by atoms with van der Waals surface area (Å²) in [6, 6.07) is 7.60. The van der Waals surface area contributed by atoms with Gasteiger partial charge in [0.2, 0.25) is 5.95 Å². The molecule has 4 rings (SSSR count). The summed E-state index contributed by atoms with van der Waals surface area (Å²) in [5, 5.41) is 0.645. The number of fused-ring (bicyclic) bond motifs is 1. The summed E-state index contributed by atoms with van der Waals surface area (Å²) in [4.78, 5) is 14.2. The van der Waals surface area contributed by atoms with Gasteiger partial charge in [0.1, 0.15) is 16.3 Å². The molecule has 0 aliphatic heterocycles. The van der Waals surface area contributed by atoms with E-state index in [9.17, 15) is 9.13 Å². The summed E-state index contributed by atoms with van der Waals surface area (Å²) in [6.45, 7) is 2.17. The Bertz CT molecular complexity index is 1130. The normalized spacial score (nSPS) is 20.4. The zero-order valence-electron chi connectivity index (χ0n) is 16.3. The maximum atomic E-state index is 10.6. The van der Waals surface area contributed by atoms with Crippen molar-refractivity contribution < 1.29 is 23.1 Å². The first-order valence-electron chi connectivity index (χ1n) is 9.12. The molecule has 12 heteroatoms. The fourth-order valence-corrected chi connectivity index (χ4v) is 4.29. The fourth-order valence-electron chi connectivity index (χ4n) is 3.28. The summed E-state index contributed by atoms with van der Waals surface area (Å²) >= 11 is 1.43. The monoisotopic (exact) mass is 449 g/mol. The van der Waals surface area contributed by atoms with E-state index in [1.807, 2.05) is 35.8 Å². The van der Waals surface area contributed by atoms with Gasteiger partial charge in [0, 0.05) is 4.90 Å². The molecule has 1 fully saturated rings. The predicted octanol–water partition coefficient (Wildman–Crippen LogP) is 3.43. The maximum absolute atomic E-state index is 10.6. The van der Waals surface area contributed by atoms with Gasteiger partial charge >= 0.3 is 7.91 Å². The number of anilines is 1. The van der Waals surface area contributed by atoms with E-state index < -0.39 is 13.5 Å². The summed E-state index contributed by atoms with van der Waals surface area (Å²) in [7, 11) is -1.33. The number of ether oxygens (including phenoxy) is 2. The highest BCUT2D eigenvalue weighted by Crippen LogP contribution is 2.48. The van der Waals surface area contributed by atoms with Gasteiger partial charge < -0.3 is 19.8 Å². The molecule has 2 atom stereocenters. The van der Waals surface area contributed by atoms with Crippen LogP contribution >= 0.6 is 19.7 Å². The van der Waals surface area contributed by atoms with Crippen molar-refractivity contribution in [2.75, 3.05) is 19.6 Å². The van der Waals surface area contributed by atoms with Gasteiger partial charge in [-0.2, -0.15) is 4.98 Å². The highest BCUT2D eigenvalue weighted by Gasteiger charge is 2.53. The molecule has 2 unspecified atom stereocenters. The highest BCUT2D eigenvalue weighted by atomic mass is 32.2. The third-order valence-corrected chi connectivity index (χ3v) is 6.36. The Morgan fingerprint density at radius 2 is 2.03 bits per heavy atom. The van der Waals surface area contributed by atoms with Crippen LogP contribution < -0.4 is 10.5 Å². The third kappa shape index (κ3) is 4.34. The second-order valence-corrected chi connectivity index (χ2v) is 8.76. The molecule has 2 heterocycles. The van der Waals surface area contributed by atoms with Crippen molar-refractivity contribution in [2.45, 2.75) is 35.4 Å². The van der Waals surface area contributed by atoms with Crippen LogP contribution in [0.1, 0.15) is 13.3 Å². The first-order valence-corrected chi connectivity index (χ1v) is 11.0. The number of nitrogens with zero attached hydrogens (tertiary/aromatic N) is 4. The molecule has 1 saturated carbocycles. The summed E-state index contributed by atoms with van der Waals surface area (Å²) in [6.07, 6.45) is 2.45. The minimum Gasteiger partial charge on any atom is -0.497 e. The first kappa shape index (κ1) is 20.8. The molecule has 10 nitrogen and oxygen atoms in total. The topological polar surface area (TPSA) is 131 Å². The van der Waals surface area contributed by atoms with Crippen molar-refractivity contribution in [2.24, 2.45) is 5.92 Å². The third-order valence-electron chi connectivity index (χ3n) is 5.06. The van der Waals surface area contributed by atoms with Crippen LogP contribution in [-0.2, 0) is 24.9 Å². The predicted molar refractivity (Wildman–Crippen MR) is 109 cm³/mol. The Hall–Kier alpha value is -2.46. The van der Waals surface area contributed by atoms with Gasteiger partial charge in [-0.25, -0.2) is 23.6 Å². The number of rotatable bonds is 9. The van der Waals surface area contributed by atoms with Crippen molar-refractivity contribution >= 4 is 36.8 Å². The van der Waals surface area contributed by atoms with Crippen LogP contribution in [0.2, 0.25) is 0 Å². The minimum absolute atomic E-state index is 0.144. The number of hydrogen-bond donors (Lipinski definition) is 1. The fraction of sp³-hybridized carbons (Fsp3) is 0.389. The molecule has 0 radical (unpaired) electrons. The number of benzene rings is 1. The Kier molecular flexibility index (Phi) is 5.79. The SMILES string of the molecule is COc1ccc(Sc2nc(N)nc3c2ncn3CC2(OCOP(=O)=O)CC2C)cc1. The number of aromatic nitrogens is 4. The number of imidazole rings is 1. The molecule has 158 valence electrons. The molecule has 3 aromatic rings. The molecule has 1 aromatic carbocycles. The standard InChI is InChI=1S/C18H20N5O5PS/c1-11-7-18(11,27-10-28-29(24)25)8-23-9-20-14-15(23)21-17(19)22-16(14)30-13-5-3-12(26-2)4-6-13/h3-6,9,11H,7-8,10H2,1-2H3,(H2,19,21,22). The van der Waals surface area contributed by atoms with Crippen LogP contribution in [0.3, 0.4) is 0 Å². The maximum Gasteiger partial charge on any atom is 0.470 e. The molecule has 0 saturated heterocycles. The second-order valence-electron chi connectivity index (χ2n) is 6.99. The van der Waals surface area contributed by atoms with E-state index in [4.69, 9.17) is 15.2 Å². The average molecular weight is 449 g/mol. The van der Waals surface area contributed by atoms with Crippen LogP contribution in [0.25, 0.3) is 11.2 Å². The van der Waals surface area contributed by atoms with Crippen molar-refractivity contribution in [3.63, 3.8) is 0 Å². The van der Waals surface area contributed by atoms with Gasteiger partial charge in [0.25, 0.3) is 0 Å². The van der Waals surface area contributed by atoms with Crippen LogP contribution in [-0.4, -0.2) is 39.0 Å². The molecule has 2 N–H and O–H groups in total. The number of methoxy groups -OCH3 is 1. The smallest absolute Gasteiger partial charge is 0.470 e. The van der Waals surface area contributed by atoms with Crippen molar-refractivity contribution in [3.05, 3.63) is 30.6 Å². The molecule has 0 spiro atoms. The van der Waals surface area contributed by atoms with Gasteiger partial charge in [-0.05, 0) is 36.6 Å². The lowest BCUT2D eigenvalue weighted by Gasteiger charge is -2.17. The van der Waals surface area contributed by atoms with E-state index in [0.717, 1.165) is 17.1 Å². The van der Waals surface area contributed by atoms with Crippen LogP contribution in [0.5, 0.6) is 5.75 Å². The molecule has 0 bridgehead atoms. The van der Waals surface area contributed by atoms with Crippen molar-refractivity contribution in [1.82, 2.24) is 19.5 Å². The van der Waals surface area contributed by atoms with Gasteiger partial charge in [-0.15, -0.1) is 0 Å². The molecular weight excluding hydrogens is 429 g/mol. The van der Waals surface area contributed by atoms with Gasteiger partial charge in [-0.3, -0.25) is 0 Å². The van der Waals surface area contributed by atoms with Crippen LogP contribution in [0, 0.1) is 5.92 Å². The number of nitrogen functional groups attached to an aromatic ring is 1. The zero-order valence-corrected chi connectivity index (χ0v) is 18.1. The lowest BCUT2D eigenvalue weighted by atomic mass is 10.2. The lowest BCUT2D eigenvalue weighted by Crippen LogP contribution is -2.24. The van der Waals surface area contributed by atoms with E-state index >= 15 is 0 Å². The lowest BCUT2D eigenvalue weighted by molar-refractivity contribution is -0.0630. The highest BCUT2D eigenvalue weighted by molar-refractivity contribution is 7.99. The summed E-state index contributed by atoms with van der Waals surface area (Å²) < 4.78 is 38.5. The van der Waals surface area contributed by atoms with E-state index in [1.54, 1.807) is 13.4 Å². The summed E-state index contributed by atoms with van der Waals surface area (Å²) in [5.74, 6) is 1.16. The van der Waals surface area contributed by atoms with E-state index in [1.165, 1.54) is 11.8 Å². The van der Waals surface area contributed by atoms with E-state index in [2.05, 4.69) is 19.5 Å². The van der Waals surface area contributed by atoms with Crippen LogP contribution in [0.4, 0.5) is 5.95 Å². The Labute approximate surface area is 177 Å². The van der Waals surface area contributed by atoms with Crippen molar-refractivity contribution in [1.29, 1.82) is 0 Å². The Balaban J connectivity index is 1.58. The molecular formula is C18H20N5O5PS. The first-order chi connectivity index (χ1) is 14.4. The Morgan fingerprint density at radius 3 is 2.67 bits per heavy atom. The minimum atomic E-state index is -2.95. The molecule has 1 aliphatic rings. The number of hydrogen-bond acceptors (Lipinski definition) is 10. The molecule has 1 aliphatic carbocycles. The zero-order chi connectivity index (χ0) is 21.3.